The third kappa shape index (κ3) is 4.12. The van der Waals surface area contributed by atoms with Gasteiger partial charge >= 0.3 is 0 Å². The molecule has 0 atom stereocenters. The minimum Gasteiger partial charge on any atom is -0.320 e. The van der Waals surface area contributed by atoms with Gasteiger partial charge in [0.1, 0.15) is 17.3 Å². The molecule has 6 nitrogen and oxygen atoms in total. The number of hydrogen-bond acceptors (Lipinski definition) is 5. The summed E-state index contributed by atoms with van der Waals surface area (Å²) in [5.74, 6) is -2.59. The Morgan fingerprint density at radius 2 is 1.73 bits per heavy atom. The van der Waals surface area contributed by atoms with Crippen LogP contribution in [0.5, 0.6) is 0 Å². The molecule has 0 aliphatic rings. The Morgan fingerprint density at radius 1 is 1.04 bits per heavy atom. The van der Waals surface area contributed by atoms with Crippen molar-refractivity contribution in [3.05, 3.63) is 70.5 Å². The zero-order valence-electron chi connectivity index (χ0n) is 13.2. The molecule has 3 aromatic rings. The summed E-state index contributed by atoms with van der Waals surface area (Å²) in [5.41, 5.74) is -0.190. The summed E-state index contributed by atoms with van der Waals surface area (Å²) < 4.78 is 27.0. The molecule has 0 unspecified atom stereocenters. The molecule has 0 fully saturated rings. The van der Waals surface area contributed by atoms with Crippen molar-refractivity contribution in [2.24, 2.45) is 0 Å². The van der Waals surface area contributed by atoms with Gasteiger partial charge in [0, 0.05) is 5.56 Å². The Morgan fingerprint density at radius 3 is 2.38 bits per heavy atom. The lowest BCUT2D eigenvalue weighted by Crippen LogP contribution is -2.18. The first kappa shape index (κ1) is 17.7. The number of halogens is 2. The average molecular weight is 374 g/mol. The fourth-order valence-corrected chi connectivity index (χ4v) is 2.70. The summed E-state index contributed by atoms with van der Waals surface area (Å²) in [4.78, 5) is 26.5. The molecular formula is C17H12F2N4O2S. The van der Waals surface area contributed by atoms with Crippen molar-refractivity contribution >= 4 is 23.4 Å². The molecule has 3 rings (SSSR count). The van der Waals surface area contributed by atoms with Crippen molar-refractivity contribution in [2.75, 3.05) is 11.1 Å². The number of aromatic nitrogens is 3. The quantitative estimate of drug-likeness (QED) is 0.671. The second-order valence-electron chi connectivity index (χ2n) is 5.11. The summed E-state index contributed by atoms with van der Waals surface area (Å²) in [7, 11) is 0. The molecule has 0 radical (unpaired) electrons. The highest BCUT2D eigenvalue weighted by Gasteiger charge is 2.13. The highest BCUT2D eigenvalue weighted by Crippen LogP contribution is 2.19. The van der Waals surface area contributed by atoms with E-state index in [1.807, 2.05) is 6.07 Å². The molecule has 0 saturated carbocycles. The van der Waals surface area contributed by atoms with E-state index >= 15 is 0 Å². The molecule has 0 aliphatic carbocycles. The van der Waals surface area contributed by atoms with Crippen LogP contribution in [0.3, 0.4) is 0 Å². The van der Waals surface area contributed by atoms with E-state index in [0.717, 1.165) is 23.9 Å². The molecule has 0 saturated heterocycles. The fourth-order valence-electron chi connectivity index (χ4n) is 2.10. The number of carbonyl (C=O) groups excluding carboxylic acids is 1. The Balaban J connectivity index is 1.66. The van der Waals surface area contributed by atoms with E-state index in [0.29, 0.717) is 5.56 Å². The second-order valence-corrected chi connectivity index (χ2v) is 6.07. The van der Waals surface area contributed by atoms with E-state index < -0.39 is 28.8 Å². The third-order valence-corrected chi connectivity index (χ3v) is 4.15. The number of aromatic amines is 1. The van der Waals surface area contributed by atoms with Crippen LogP contribution < -0.4 is 10.9 Å². The van der Waals surface area contributed by atoms with Crippen LogP contribution in [0.15, 0.2) is 58.5 Å². The highest BCUT2D eigenvalue weighted by atomic mass is 32.2. The summed E-state index contributed by atoms with van der Waals surface area (Å²) in [6, 6.07) is 12.1. The van der Waals surface area contributed by atoms with E-state index in [9.17, 15) is 18.4 Å². The molecule has 1 amide bonds. The van der Waals surface area contributed by atoms with E-state index in [2.05, 4.69) is 20.5 Å². The zero-order valence-corrected chi connectivity index (χ0v) is 14.0. The van der Waals surface area contributed by atoms with Gasteiger partial charge in [-0.05, 0) is 12.1 Å². The standard InChI is InChI=1S/C17H12F2N4O2S/c18-11-7-4-8-12(19)15(11)20-13(24)9-26-17-21-16(25)14(22-23-17)10-5-2-1-3-6-10/h1-8H,9H2,(H,20,24)(H,21,23,25). The molecule has 1 aromatic heterocycles. The maximum absolute atomic E-state index is 13.5. The van der Waals surface area contributed by atoms with Crippen LogP contribution in [0.1, 0.15) is 0 Å². The van der Waals surface area contributed by atoms with Gasteiger partial charge in [-0.3, -0.25) is 14.6 Å². The number of benzene rings is 2. The first-order valence-corrected chi connectivity index (χ1v) is 8.42. The van der Waals surface area contributed by atoms with E-state index in [1.165, 1.54) is 6.07 Å². The molecule has 0 spiro atoms. The number of H-pyrrole nitrogens is 1. The molecule has 132 valence electrons. The number of thioether (sulfide) groups is 1. The van der Waals surface area contributed by atoms with Gasteiger partial charge in [-0.1, -0.05) is 48.2 Å². The Labute approximate surface area is 150 Å². The molecule has 26 heavy (non-hydrogen) atoms. The Bertz CT molecular complexity index is 975. The summed E-state index contributed by atoms with van der Waals surface area (Å²) in [6.45, 7) is 0. The van der Waals surface area contributed by atoms with Crippen LogP contribution in [0.25, 0.3) is 11.3 Å². The minimum absolute atomic E-state index is 0.124. The highest BCUT2D eigenvalue weighted by molar-refractivity contribution is 7.99. The number of carbonyl (C=O) groups is 1. The van der Waals surface area contributed by atoms with Crippen LogP contribution in [-0.4, -0.2) is 26.8 Å². The van der Waals surface area contributed by atoms with Gasteiger partial charge in [-0.2, -0.15) is 0 Å². The van der Waals surface area contributed by atoms with Crippen LogP contribution >= 0.6 is 11.8 Å². The first-order chi connectivity index (χ1) is 12.5. The average Bonchev–Trinajstić information content (AvgIpc) is 2.64. The van der Waals surface area contributed by atoms with E-state index in [4.69, 9.17) is 0 Å². The van der Waals surface area contributed by atoms with Crippen LogP contribution in [-0.2, 0) is 4.79 Å². The molecule has 1 heterocycles. The third-order valence-electron chi connectivity index (χ3n) is 3.29. The largest absolute Gasteiger partial charge is 0.320 e. The number of nitrogens with one attached hydrogen (secondary N) is 2. The van der Waals surface area contributed by atoms with E-state index in [1.54, 1.807) is 24.3 Å². The lowest BCUT2D eigenvalue weighted by Gasteiger charge is -2.07. The minimum atomic E-state index is -0.872. The fraction of sp³-hybridized carbons (Fsp3) is 0.0588. The first-order valence-electron chi connectivity index (χ1n) is 7.43. The predicted molar refractivity (Wildman–Crippen MR) is 93.8 cm³/mol. The van der Waals surface area contributed by atoms with Crippen molar-refractivity contribution in [3.8, 4) is 11.3 Å². The van der Waals surface area contributed by atoms with Gasteiger partial charge < -0.3 is 5.32 Å². The molecule has 9 heteroatoms. The monoisotopic (exact) mass is 374 g/mol. The molecular weight excluding hydrogens is 362 g/mol. The number of hydrogen-bond donors (Lipinski definition) is 2. The van der Waals surface area contributed by atoms with Gasteiger partial charge in [0.05, 0.1) is 5.75 Å². The lowest BCUT2D eigenvalue weighted by molar-refractivity contribution is -0.113. The number of anilines is 1. The van der Waals surface area contributed by atoms with Gasteiger partial charge in [-0.25, -0.2) is 8.78 Å². The summed E-state index contributed by atoms with van der Waals surface area (Å²) in [6.07, 6.45) is 0. The van der Waals surface area contributed by atoms with Crippen molar-refractivity contribution in [1.82, 2.24) is 15.2 Å². The van der Waals surface area contributed by atoms with E-state index in [-0.39, 0.29) is 16.6 Å². The van der Waals surface area contributed by atoms with Crippen molar-refractivity contribution < 1.29 is 13.6 Å². The molecule has 0 aliphatic heterocycles. The number of amides is 1. The Hall–Kier alpha value is -3.07. The number of rotatable bonds is 5. The normalized spacial score (nSPS) is 10.5. The zero-order chi connectivity index (χ0) is 18.5. The number of nitrogens with zero attached hydrogens (tertiary/aromatic N) is 2. The van der Waals surface area contributed by atoms with Crippen molar-refractivity contribution in [2.45, 2.75) is 5.16 Å². The van der Waals surface area contributed by atoms with Gasteiger partial charge in [-0.15, -0.1) is 10.2 Å². The van der Waals surface area contributed by atoms with Gasteiger partial charge in [0.25, 0.3) is 5.56 Å². The molecule has 2 aromatic carbocycles. The SMILES string of the molecule is O=C(CSc1nnc(-c2ccccc2)c(=O)[nH]1)Nc1c(F)cccc1F. The maximum Gasteiger partial charge on any atom is 0.278 e. The second kappa shape index (κ2) is 7.87. The molecule has 0 bridgehead atoms. The number of para-hydroxylation sites is 1. The smallest absolute Gasteiger partial charge is 0.278 e. The topological polar surface area (TPSA) is 87.7 Å². The maximum atomic E-state index is 13.5. The molecule has 2 N–H and O–H groups in total. The van der Waals surface area contributed by atoms with Crippen molar-refractivity contribution in [3.63, 3.8) is 0 Å². The Kier molecular flexibility index (Phi) is 5.37. The predicted octanol–water partition coefficient (Wildman–Crippen LogP) is 2.84. The van der Waals surface area contributed by atoms with Gasteiger partial charge in [0.15, 0.2) is 10.9 Å². The van der Waals surface area contributed by atoms with Gasteiger partial charge in [0.2, 0.25) is 5.91 Å². The van der Waals surface area contributed by atoms with Crippen LogP contribution in [0.2, 0.25) is 0 Å². The summed E-state index contributed by atoms with van der Waals surface area (Å²) >= 11 is 0.891. The lowest BCUT2D eigenvalue weighted by atomic mass is 10.2. The van der Waals surface area contributed by atoms with Crippen molar-refractivity contribution in [1.29, 1.82) is 0 Å². The van der Waals surface area contributed by atoms with Crippen LogP contribution in [0.4, 0.5) is 14.5 Å². The van der Waals surface area contributed by atoms with Crippen LogP contribution in [0, 0.1) is 11.6 Å². The summed E-state index contributed by atoms with van der Waals surface area (Å²) in [5, 5.41) is 10.0.